The van der Waals surface area contributed by atoms with Gasteiger partial charge in [-0.05, 0) is 37.0 Å². The van der Waals surface area contributed by atoms with Crippen LogP contribution in [-0.4, -0.2) is 13.2 Å². The van der Waals surface area contributed by atoms with Crippen molar-refractivity contribution in [1.82, 2.24) is 5.32 Å². The summed E-state index contributed by atoms with van der Waals surface area (Å²) in [6, 6.07) is 5.92. The lowest BCUT2D eigenvalue weighted by atomic mass is 10.1. The maximum atomic E-state index is 13.5. The Hall–Kier alpha value is -1.09. The number of nitrogens with one attached hydrogen (secondary N) is 1. The van der Waals surface area contributed by atoms with Crippen molar-refractivity contribution in [2.45, 2.75) is 32.4 Å². The molecular formula is C13H18FNO. The first-order valence-corrected chi connectivity index (χ1v) is 5.71. The summed E-state index contributed by atoms with van der Waals surface area (Å²) in [5.74, 6) is 0.763. The van der Waals surface area contributed by atoms with Gasteiger partial charge in [0.2, 0.25) is 0 Å². The molecule has 1 saturated carbocycles. The zero-order chi connectivity index (χ0) is 11.7. The van der Waals surface area contributed by atoms with E-state index in [4.69, 9.17) is 4.74 Å². The summed E-state index contributed by atoms with van der Waals surface area (Å²) in [4.78, 5) is 0. The number of halogens is 1. The number of hydrogen-bond acceptors (Lipinski definition) is 2. The van der Waals surface area contributed by atoms with Crippen LogP contribution in [0.15, 0.2) is 18.2 Å². The normalized spacial score (nSPS) is 25.2. The van der Waals surface area contributed by atoms with E-state index in [0.29, 0.717) is 11.8 Å². The molecule has 0 amide bonds. The second-order valence-corrected chi connectivity index (χ2v) is 4.60. The van der Waals surface area contributed by atoms with Crippen molar-refractivity contribution in [2.24, 2.45) is 5.92 Å². The molecule has 0 aromatic heterocycles. The number of rotatable bonds is 4. The van der Waals surface area contributed by atoms with Crippen LogP contribution in [0.4, 0.5) is 4.39 Å². The summed E-state index contributed by atoms with van der Waals surface area (Å²) < 4.78 is 18.4. The van der Waals surface area contributed by atoms with Gasteiger partial charge in [-0.25, -0.2) is 4.39 Å². The summed E-state index contributed by atoms with van der Waals surface area (Å²) in [5.41, 5.74) is 0.970. The van der Waals surface area contributed by atoms with Gasteiger partial charge in [0.1, 0.15) is 0 Å². The molecule has 0 spiro atoms. The Kier molecular flexibility index (Phi) is 3.15. The van der Waals surface area contributed by atoms with Gasteiger partial charge in [0, 0.05) is 12.1 Å². The van der Waals surface area contributed by atoms with E-state index < -0.39 is 0 Å². The topological polar surface area (TPSA) is 21.3 Å². The molecule has 3 atom stereocenters. The molecule has 0 bridgehead atoms. The molecule has 3 unspecified atom stereocenters. The molecule has 0 aliphatic heterocycles. The molecule has 16 heavy (non-hydrogen) atoms. The van der Waals surface area contributed by atoms with Crippen LogP contribution < -0.4 is 10.1 Å². The van der Waals surface area contributed by atoms with E-state index in [1.165, 1.54) is 13.5 Å². The Morgan fingerprint density at radius 1 is 1.50 bits per heavy atom. The van der Waals surface area contributed by atoms with Crippen molar-refractivity contribution in [1.29, 1.82) is 0 Å². The number of methoxy groups -OCH3 is 1. The number of benzene rings is 1. The minimum absolute atomic E-state index is 0.190. The quantitative estimate of drug-likeness (QED) is 0.847. The van der Waals surface area contributed by atoms with Gasteiger partial charge >= 0.3 is 0 Å². The number of ether oxygens (including phenoxy) is 1. The Morgan fingerprint density at radius 2 is 2.19 bits per heavy atom. The molecule has 1 aromatic rings. The SMILES string of the molecule is COc1ccc(C(C)NC2CC2C)cc1F. The summed E-state index contributed by atoms with van der Waals surface area (Å²) in [6.07, 6.45) is 1.23. The highest BCUT2D eigenvalue weighted by Gasteiger charge is 2.33. The van der Waals surface area contributed by atoms with E-state index in [9.17, 15) is 4.39 Å². The standard InChI is InChI=1S/C13H18FNO/c1-8-6-12(8)15-9(2)10-4-5-13(16-3)11(14)7-10/h4-5,7-9,12,15H,6H2,1-3H3. The molecule has 0 heterocycles. The molecule has 1 aromatic carbocycles. The van der Waals surface area contributed by atoms with Crippen LogP contribution in [0.1, 0.15) is 31.9 Å². The second-order valence-electron chi connectivity index (χ2n) is 4.60. The molecule has 0 saturated heterocycles. The van der Waals surface area contributed by atoms with Crippen LogP contribution in [-0.2, 0) is 0 Å². The Balaban J connectivity index is 2.05. The third kappa shape index (κ3) is 2.35. The average Bonchev–Trinajstić information content (AvgIpc) is 2.94. The van der Waals surface area contributed by atoms with E-state index >= 15 is 0 Å². The van der Waals surface area contributed by atoms with Gasteiger partial charge in [-0.15, -0.1) is 0 Å². The first-order chi connectivity index (χ1) is 7.61. The summed E-state index contributed by atoms with van der Waals surface area (Å²) in [5, 5.41) is 3.48. The molecule has 1 aliphatic carbocycles. The highest BCUT2D eigenvalue weighted by molar-refractivity contribution is 5.31. The Bertz CT molecular complexity index is 380. The molecule has 1 fully saturated rings. The van der Waals surface area contributed by atoms with Crippen molar-refractivity contribution in [3.05, 3.63) is 29.6 Å². The lowest BCUT2D eigenvalue weighted by molar-refractivity contribution is 0.385. The van der Waals surface area contributed by atoms with Crippen molar-refractivity contribution in [2.75, 3.05) is 7.11 Å². The summed E-state index contributed by atoms with van der Waals surface area (Å²) in [6.45, 7) is 4.28. The van der Waals surface area contributed by atoms with E-state index in [2.05, 4.69) is 19.2 Å². The highest BCUT2D eigenvalue weighted by Crippen LogP contribution is 2.32. The second kappa shape index (κ2) is 4.42. The van der Waals surface area contributed by atoms with E-state index in [1.54, 1.807) is 12.1 Å². The first-order valence-electron chi connectivity index (χ1n) is 5.71. The van der Waals surface area contributed by atoms with Crippen LogP contribution in [0, 0.1) is 11.7 Å². The van der Waals surface area contributed by atoms with Crippen molar-refractivity contribution in [3.63, 3.8) is 0 Å². The molecule has 88 valence electrons. The molecule has 1 N–H and O–H groups in total. The minimum Gasteiger partial charge on any atom is -0.494 e. The van der Waals surface area contributed by atoms with Crippen LogP contribution >= 0.6 is 0 Å². The molecule has 1 aliphatic rings. The fourth-order valence-electron chi connectivity index (χ4n) is 1.92. The molecular weight excluding hydrogens is 205 g/mol. The Morgan fingerprint density at radius 3 is 2.69 bits per heavy atom. The highest BCUT2D eigenvalue weighted by atomic mass is 19.1. The minimum atomic E-state index is -0.294. The zero-order valence-corrected chi connectivity index (χ0v) is 9.96. The predicted octanol–water partition coefficient (Wildman–Crippen LogP) is 2.89. The lowest BCUT2D eigenvalue weighted by Crippen LogP contribution is -2.22. The van der Waals surface area contributed by atoms with Crippen molar-refractivity contribution in [3.8, 4) is 5.75 Å². The Labute approximate surface area is 95.8 Å². The van der Waals surface area contributed by atoms with E-state index in [0.717, 1.165) is 11.5 Å². The van der Waals surface area contributed by atoms with Gasteiger partial charge in [-0.1, -0.05) is 13.0 Å². The van der Waals surface area contributed by atoms with Crippen LogP contribution in [0.2, 0.25) is 0 Å². The zero-order valence-electron chi connectivity index (χ0n) is 9.96. The van der Waals surface area contributed by atoms with Gasteiger partial charge in [0.15, 0.2) is 11.6 Å². The first kappa shape index (κ1) is 11.4. The van der Waals surface area contributed by atoms with Gasteiger partial charge in [0.25, 0.3) is 0 Å². The molecule has 3 heteroatoms. The van der Waals surface area contributed by atoms with Gasteiger partial charge < -0.3 is 10.1 Å². The smallest absolute Gasteiger partial charge is 0.165 e. The fraction of sp³-hybridized carbons (Fsp3) is 0.538. The molecule has 0 radical (unpaired) electrons. The van der Waals surface area contributed by atoms with Crippen LogP contribution in [0.5, 0.6) is 5.75 Å². The van der Waals surface area contributed by atoms with E-state index in [1.807, 2.05) is 6.07 Å². The maximum absolute atomic E-state index is 13.5. The maximum Gasteiger partial charge on any atom is 0.165 e. The third-order valence-corrected chi connectivity index (χ3v) is 3.25. The van der Waals surface area contributed by atoms with Gasteiger partial charge in [-0.3, -0.25) is 0 Å². The molecule has 2 nitrogen and oxygen atoms in total. The predicted molar refractivity (Wildman–Crippen MR) is 62.1 cm³/mol. The largest absolute Gasteiger partial charge is 0.494 e. The molecule has 2 rings (SSSR count). The van der Waals surface area contributed by atoms with Crippen molar-refractivity contribution >= 4 is 0 Å². The van der Waals surface area contributed by atoms with Crippen LogP contribution in [0.3, 0.4) is 0 Å². The fourth-order valence-corrected chi connectivity index (χ4v) is 1.92. The third-order valence-electron chi connectivity index (χ3n) is 3.25. The number of hydrogen-bond donors (Lipinski definition) is 1. The van der Waals surface area contributed by atoms with Gasteiger partial charge in [0.05, 0.1) is 7.11 Å². The summed E-state index contributed by atoms with van der Waals surface area (Å²) in [7, 11) is 1.48. The lowest BCUT2D eigenvalue weighted by Gasteiger charge is -2.14. The van der Waals surface area contributed by atoms with Crippen LogP contribution in [0.25, 0.3) is 0 Å². The average molecular weight is 223 g/mol. The summed E-state index contributed by atoms with van der Waals surface area (Å²) >= 11 is 0. The monoisotopic (exact) mass is 223 g/mol. The van der Waals surface area contributed by atoms with Crippen molar-refractivity contribution < 1.29 is 9.13 Å². The van der Waals surface area contributed by atoms with Gasteiger partial charge in [-0.2, -0.15) is 0 Å². The van der Waals surface area contributed by atoms with E-state index in [-0.39, 0.29) is 11.9 Å².